The molecule has 0 saturated carbocycles. The Morgan fingerprint density at radius 3 is 2.13 bits per heavy atom. The summed E-state index contributed by atoms with van der Waals surface area (Å²) in [4.78, 5) is 42.1. The largest absolute Gasteiger partial charge is 0.480 e. The van der Waals surface area contributed by atoms with Gasteiger partial charge in [-0.15, -0.1) is 4.91 Å². The number of nitroso groups, excluding NO2 is 1. The molecule has 8 heteroatoms. The lowest BCUT2D eigenvalue weighted by molar-refractivity contribution is -0.146. The highest BCUT2D eigenvalue weighted by Gasteiger charge is 2.25. The van der Waals surface area contributed by atoms with Crippen molar-refractivity contribution in [3.05, 3.63) is 4.91 Å². The molecule has 0 aromatic carbocycles. The van der Waals surface area contributed by atoms with Gasteiger partial charge in [0.15, 0.2) is 0 Å². The fourth-order valence-corrected chi connectivity index (χ4v) is 0.862. The molecule has 0 saturated heterocycles. The number of aliphatic carboxylic acids is 2. The van der Waals surface area contributed by atoms with Crippen LogP contribution in [0.25, 0.3) is 0 Å². The number of hydrogen-bond donors (Lipinski definition) is 2. The van der Waals surface area contributed by atoms with E-state index < -0.39 is 37.0 Å². The van der Waals surface area contributed by atoms with Gasteiger partial charge < -0.3 is 10.2 Å². The second-order valence-electron chi connectivity index (χ2n) is 2.80. The molecule has 0 aliphatic rings. The Hall–Kier alpha value is -1.83. The molecule has 1 atom stereocenters. The minimum atomic E-state index is -1.29. The van der Waals surface area contributed by atoms with E-state index in [-0.39, 0.29) is 0 Å². The SMILES string of the molecule is C[C@H](C(=O)O)N(CC(=O)O)CC(=O)N=O. The van der Waals surface area contributed by atoms with E-state index in [0.717, 1.165) is 4.90 Å². The lowest BCUT2D eigenvalue weighted by atomic mass is 10.2. The maximum atomic E-state index is 10.6. The molecule has 8 nitrogen and oxygen atoms in total. The third-order valence-electron chi connectivity index (χ3n) is 1.68. The first-order valence-electron chi connectivity index (χ1n) is 3.93. The molecule has 0 unspecified atom stereocenters. The van der Waals surface area contributed by atoms with Gasteiger partial charge in [0.05, 0.1) is 13.1 Å². The Morgan fingerprint density at radius 2 is 1.80 bits per heavy atom. The predicted octanol–water partition coefficient (Wildman–Crippen LogP) is -0.861. The molecule has 0 spiro atoms. The van der Waals surface area contributed by atoms with Gasteiger partial charge >= 0.3 is 11.9 Å². The lowest BCUT2D eigenvalue weighted by Gasteiger charge is -2.21. The summed E-state index contributed by atoms with van der Waals surface area (Å²) in [5.41, 5.74) is 0. The molecule has 1 amide bonds. The third kappa shape index (κ3) is 4.81. The van der Waals surface area contributed by atoms with E-state index in [4.69, 9.17) is 10.2 Å². The molecule has 15 heavy (non-hydrogen) atoms. The van der Waals surface area contributed by atoms with E-state index >= 15 is 0 Å². The summed E-state index contributed by atoms with van der Waals surface area (Å²) >= 11 is 0. The fraction of sp³-hybridized carbons (Fsp3) is 0.571. The van der Waals surface area contributed by atoms with Crippen LogP contribution >= 0.6 is 0 Å². The average molecular weight is 218 g/mol. The van der Waals surface area contributed by atoms with Gasteiger partial charge in [0.2, 0.25) is 0 Å². The Kier molecular flexibility index (Phi) is 5.10. The van der Waals surface area contributed by atoms with Crippen LogP contribution in [0.15, 0.2) is 5.18 Å². The van der Waals surface area contributed by atoms with Crippen LogP contribution in [0.4, 0.5) is 0 Å². The molecule has 2 N–H and O–H groups in total. The van der Waals surface area contributed by atoms with Gasteiger partial charge in [0, 0.05) is 5.18 Å². The number of amides is 1. The predicted molar refractivity (Wildman–Crippen MR) is 47.1 cm³/mol. The van der Waals surface area contributed by atoms with Crippen molar-refractivity contribution in [1.82, 2.24) is 4.90 Å². The highest BCUT2D eigenvalue weighted by atomic mass is 16.4. The van der Waals surface area contributed by atoms with Crippen molar-refractivity contribution in [2.45, 2.75) is 13.0 Å². The van der Waals surface area contributed by atoms with Gasteiger partial charge in [-0.1, -0.05) is 0 Å². The zero-order chi connectivity index (χ0) is 12.0. The zero-order valence-corrected chi connectivity index (χ0v) is 7.91. The highest BCUT2D eigenvalue weighted by Crippen LogP contribution is 1.99. The standard InChI is InChI=1S/C7H10N2O6/c1-4(7(13)14)9(3-6(11)12)2-5(10)8-15/h4H,2-3H2,1H3,(H,11,12)(H,13,14)/t4-/m1/s1. The van der Waals surface area contributed by atoms with Crippen LogP contribution < -0.4 is 0 Å². The first-order chi connectivity index (χ1) is 6.88. The monoisotopic (exact) mass is 218 g/mol. The third-order valence-corrected chi connectivity index (χ3v) is 1.68. The van der Waals surface area contributed by atoms with Crippen molar-refractivity contribution in [3.63, 3.8) is 0 Å². The number of rotatable bonds is 6. The topological polar surface area (TPSA) is 124 Å². The average Bonchev–Trinajstić information content (AvgIpc) is 2.14. The summed E-state index contributed by atoms with van der Waals surface area (Å²) in [5, 5.41) is 19.1. The van der Waals surface area contributed by atoms with Crippen LogP contribution in [0.3, 0.4) is 0 Å². The van der Waals surface area contributed by atoms with Gasteiger partial charge in [-0.3, -0.25) is 19.3 Å². The minimum Gasteiger partial charge on any atom is -0.480 e. The Balaban J connectivity index is 4.56. The molecule has 0 rings (SSSR count). The molecule has 0 aliphatic heterocycles. The summed E-state index contributed by atoms with van der Waals surface area (Å²) in [6.45, 7) is -0.0542. The molecule has 0 aromatic heterocycles. The number of hydrogen-bond acceptors (Lipinski definition) is 5. The molecule has 0 bridgehead atoms. The maximum Gasteiger partial charge on any atom is 0.320 e. The quantitative estimate of drug-likeness (QED) is 0.555. The van der Waals surface area contributed by atoms with Crippen LogP contribution in [0.1, 0.15) is 6.92 Å². The van der Waals surface area contributed by atoms with E-state index in [9.17, 15) is 19.3 Å². The van der Waals surface area contributed by atoms with Gasteiger partial charge in [-0.05, 0) is 6.92 Å². The number of carboxylic acids is 2. The molecule has 0 aliphatic carbocycles. The van der Waals surface area contributed by atoms with Crippen molar-refractivity contribution in [3.8, 4) is 0 Å². The second kappa shape index (κ2) is 5.81. The zero-order valence-electron chi connectivity index (χ0n) is 7.91. The van der Waals surface area contributed by atoms with E-state index in [1.54, 1.807) is 0 Å². The van der Waals surface area contributed by atoms with Gasteiger partial charge in [0.1, 0.15) is 6.04 Å². The van der Waals surface area contributed by atoms with Crippen molar-refractivity contribution in [1.29, 1.82) is 0 Å². The first-order valence-corrected chi connectivity index (χ1v) is 3.93. The van der Waals surface area contributed by atoms with E-state index in [1.165, 1.54) is 6.92 Å². The van der Waals surface area contributed by atoms with Crippen LogP contribution in [0.5, 0.6) is 0 Å². The normalized spacial score (nSPS) is 12.1. The highest BCUT2D eigenvalue weighted by molar-refractivity contribution is 5.81. The number of carbonyl (C=O) groups excluding carboxylic acids is 1. The van der Waals surface area contributed by atoms with Crippen LogP contribution in [0, 0.1) is 4.91 Å². The van der Waals surface area contributed by atoms with E-state index in [1.807, 2.05) is 0 Å². The first kappa shape index (κ1) is 13.2. The van der Waals surface area contributed by atoms with Gasteiger partial charge in [-0.25, -0.2) is 0 Å². The summed E-state index contributed by atoms with van der Waals surface area (Å²) in [5.74, 6) is -3.68. The molecule has 0 radical (unpaired) electrons. The summed E-state index contributed by atoms with van der Waals surface area (Å²) in [6, 6.07) is -1.17. The smallest absolute Gasteiger partial charge is 0.320 e. The van der Waals surface area contributed by atoms with E-state index in [2.05, 4.69) is 5.18 Å². The van der Waals surface area contributed by atoms with Crippen LogP contribution in [0.2, 0.25) is 0 Å². The maximum absolute atomic E-state index is 10.6. The Morgan fingerprint density at radius 1 is 1.27 bits per heavy atom. The van der Waals surface area contributed by atoms with E-state index in [0.29, 0.717) is 0 Å². The van der Waals surface area contributed by atoms with Crippen molar-refractivity contribution < 1.29 is 24.6 Å². The molecular formula is C7H10N2O6. The number of nitrogens with zero attached hydrogens (tertiary/aromatic N) is 2. The van der Waals surface area contributed by atoms with Crippen molar-refractivity contribution in [2.24, 2.45) is 5.18 Å². The lowest BCUT2D eigenvalue weighted by Crippen LogP contribution is -2.44. The summed E-state index contributed by atoms with van der Waals surface area (Å²) in [7, 11) is 0. The van der Waals surface area contributed by atoms with Crippen LogP contribution in [-0.2, 0) is 14.4 Å². The summed E-state index contributed by atoms with van der Waals surface area (Å²) < 4.78 is 0. The fourth-order valence-electron chi connectivity index (χ4n) is 0.862. The summed E-state index contributed by atoms with van der Waals surface area (Å²) in [6.07, 6.45) is 0. The Labute approximate surface area is 84.5 Å². The second-order valence-corrected chi connectivity index (χ2v) is 2.80. The molecular weight excluding hydrogens is 208 g/mol. The minimum absolute atomic E-state index is 0.622. The molecule has 0 heterocycles. The number of carbonyl (C=O) groups is 3. The number of carboxylic acid groups (broad SMARTS) is 2. The molecule has 0 fully saturated rings. The van der Waals surface area contributed by atoms with Gasteiger partial charge in [-0.2, -0.15) is 0 Å². The van der Waals surface area contributed by atoms with Crippen LogP contribution in [-0.4, -0.2) is 52.1 Å². The van der Waals surface area contributed by atoms with Crippen molar-refractivity contribution in [2.75, 3.05) is 13.1 Å². The van der Waals surface area contributed by atoms with Crippen molar-refractivity contribution >= 4 is 17.8 Å². The molecule has 0 aromatic rings. The Bertz CT molecular complexity index is 289. The molecule has 84 valence electrons. The van der Waals surface area contributed by atoms with Gasteiger partial charge in [0.25, 0.3) is 5.91 Å².